The molecule has 0 spiro atoms. The van der Waals surface area contributed by atoms with Gasteiger partial charge in [0, 0.05) is 20.2 Å². The lowest BCUT2D eigenvalue weighted by Gasteiger charge is -2.22. The number of likely N-dealkylation sites (N-methyl/N-ethyl adjacent to an activating group) is 1. The van der Waals surface area contributed by atoms with Gasteiger partial charge in [0.15, 0.2) is 0 Å². The van der Waals surface area contributed by atoms with Crippen molar-refractivity contribution in [2.45, 2.75) is 18.9 Å². The molecule has 1 atom stereocenters. The summed E-state index contributed by atoms with van der Waals surface area (Å²) in [6, 6.07) is 1.62. The van der Waals surface area contributed by atoms with Gasteiger partial charge in [0.1, 0.15) is 5.82 Å². The SMILES string of the molecule is CN(CC1CCCO1)c1cc(C(N)=O)c(N)cn1. The van der Waals surface area contributed by atoms with E-state index in [-0.39, 0.29) is 6.10 Å². The Labute approximate surface area is 106 Å². The molecule has 2 heterocycles. The van der Waals surface area contributed by atoms with Gasteiger partial charge in [0.05, 0.1) is 23.6 Å². The molecule has 6 heteroatoms. The summed E-state index contributed by atoms with van der Waals surface area (Å²) in [5, 5.41) is 0. The van der Waals surface area contributed by atoms with E-state index in [1.54, 1.807) is 6.07 Å². The van der Waals surface area contributed by atoms with Crippen molar-refractivity contribution in [1.82, 2.24) is 4.98 Å². The third-order valence-corrected chi connectivity index (χ3v) is 3.08. The average Bonchev–Trinajstić information content (AvgIpc) is 2.81. The molecule has 1 unspecified atom stereocenters. The summed E-state index contributed by atoms with van der Waals surface area (Å²) >= 11 is 0. The lowest BCUT2D eigenvalue weighted by atomic mass is 10.2. The molecule has 0 aliphatic carbocycles. The number of nitrogen functional groups attached to an aromatic ring is 1. The minimum atomic E-state index is -0.540. The summed E-state index contributed by atoms with van der Waals surface area (Å²) in [6.45, 7) is 1.56. The average molecular weight is 250 g/mol. The van der Waals surface area contributed by atoms with Gasteiger partial charge < -0.3 is 21.1 Å². The zero-order valence-electron chi connectivity index (χ0n) is 10.4. The lowest BCUT2D eigenvalue weighted by Crippen LogP contribution is -2.29. The first-order valence-corrected chi connectivity index (χ1v) is 5.96. The molecule has 0 aromatic carbocycles. The van der Waals surface area contributed by atoms with Gasteiger partial charge in [-0.25, -0.2) is 4.98 Å². The van der Waals surface area contributed by atoms with Crippen LogP contribution in [-0.4, -0.2) is 37.2 Å². The Balaban J connectivity index is 2.11. The number of rotatable bonds is 4. The lowest BCUT2D eigenvalue weighted by molar-refractivity contribution is 0.100. The number of nitrogens with two attached hydrogens (primary N) is 2. The number of hydrogen-bond acceptors (Lipinski definition) is 5. The van der Waals surface area contributed by atoms with E-state index in [1.807, 2.05) is 11.9 Å². The van der Waals surface area contributed by atoms with Crippen LogP contribution in [-0.2, 0) is 4.74 Å². The highest BCUT2D eigenvalue weighted by Gasteiger charge is 2.19. The molecule has 98 valence electrons. The van der Waals surface area contributed by atoms with Gasteiger partial charge in [-0.3, -0.25) is 4.79 Å². The van der Waals surface area contributed by atoms with Crippen molar-refractivity contribution < 1.29 is 9.53 Å². The first-order valence-electron chi connectivity index (χ1n) is 5.96. The fourth-order valence-corrected chi connectivity index (χ4v) is 2.06. The molecule has 6 nitrogen and oxygen atoms in total. The fourth-order valence-electron chi connectivity index (χ4n) is 2.06. The molecule has 18 heavy (non-hydrogen) atoms. The van der Waals surface area contributed by atoms with E-state index < -0.39 is 5.91 Å². The Kier molecular flexibility index (Phi) is 3.66. The van der Waals surface area contributed by atoms with E-state index in [1.165, 1.54) is 6.20 Å². The van der Waals surface area contributed by atoms with Gasteiger partial charge in [0.25, 0.3) is 5.91 Å². The minimum Gasteiger partial charge on any atom is -0.397 e. The summed E-state index contributed by atoms with van der Waals surface area (Å²) < 4.78 is 5.56. The van der Waals surface area contributed by atoms with Crippen LogP contribution in [0.5, 0.6) is 0 Å². The van der Waals surface area contributed by atoms with Crippen LogP contribution >= 0.6 is 0 Å². The predicted molar refractivity (Wildman–Crippen MR) is 69.4 cm³/mol. The first-order chi connectivity index (χ1) is 8.58. The van der Waals surface area contributed by atoms with Crippen LogP contribution < -0.4 is 16.4 Å². The number of carbonyl (C=O) groups excluding carboxylic acids is 1. The Morgan fingerprint density at radius 2 is 2.44 bits per heavy atom. The standard InChI is InChI=1S/C12H18N4O2/c1-16(7-8-3-2-4-18-8)11-5-9(12(14)17)10(13)6-15-11/h5-6,8H,2-4,7,13H2,1H3,(H2,14,17). The number of ether oxygens (including phenoxy) is 1. The number of pyridine rings is 1. The topological polar surface area (TPSA) is 94.5 Å². The molecule has 0 bridgehead atoms. The van der Waals surface area contributed by atoms with Gasteiger partial charge in [-0.15, -0.1) is 0 Å². The van der Waals surface area contributed by atoms with Crippen molar-refractivity contribution in [2.75, 3.05) is 30.8 Å². The van der Waals surface area contributed by atoms with Crippen LogP contribution in [0.25, 0.3) is 0 Å². The summed E-state index contributed by atoms with van der Waals surface area (Å²) in [5.74, 6) is 0.134. The van der Waals surface area contributed by atoms with E-state index in [4.69, 9.17) is 16.2 Å². The second kappa shape index (κ2) is 5.22. The maximum absolute atomic E-state index is 11.2. The van der Waals surface area contributed by atoms with E-state index in [0.29, 0.717) is 17.1 Å². The highest BCUT2D eigenvalue weighted by atomic mass is 16.5. The van der Waals surface area contributed by atoms with Gasteiger partial charge >= 0.3 is 0 Å². The summed E-state index contributed by atoms with van der Waals surface area (Å²) in [7, 11) is 1.91. The van der Waals surface area contributed by atoms with Crippen LogP contribution in [0.15, 0.2) is 12.3 Å². The van der Waals surface area contributed by atoms with Crippen molar-refractivity contribution in [3.05, 3.63) is 17.8 Å². The number of carbonyl (C=O) groups is 1. The second-order valence-electron chi connectivity index (χ2n) is 4.51. The number of amides is 1. The van der Waals surface area contributed by atoms with Crippen LogP contribution in [0.4, 0.5) is 11.5 Å². The number of hydrogen-bond donors (Lipinski definition) is 2. The third kappa shape index (κ3) is 2.70. The molecular formula is C12H18N4O2. The van der Waals surface area contributed by atoms with E-state index in [9.17, 15) is 4.79 Å². The van der Waals surface area contributed by atoms with Gasteiger partial charge in [-0.2, -0.15) is 0 Å². The van der Waals surface area contributed by atoms with Crippen LogP contribution in [0.2, 0.25) is 0 Å². The van der Waals surface area contributed by atoms with E-state index in [0.717, 1.165) is 26.0 Å². The summed E-state index contributed by atoms with van der Waals surface area (Å²) in [5.41, 5.74) is 11.5. The first kappa shape index (κ1) is 12.6. The number of anilines is 2. The number of aromatic nitrogens is 1. The molecule has 1 aromatic heterocycles. The number of nitrogens with zero attached hydrogens (tertiary/aromatic N) is 2. The Morgan fingerprint density at radius 3 is 3.06 bits per heavy atom. The predicted octanol–water partition coefficient (Wildman–Crippen LogP) is 0.378. The molecule has 1 aromatic rings. The van der Waals surface area contributed by atoms with Crippen LogP contribution in [0.1, 0.15) is 23.2 Å². The highest BCUT2D eigenvalue weighted by Crippen LogP contribution is 2.19. The number of primary amides is 1. The Bertz CT molecular complexity index is 444. The van der Waals surface area contributed by atoms with Crippen molar-refractivity contribution in [3.8, 4) is 0 Å². The molecular weight excluding hydrogens is 232 g/mol. The molecule has 1 aliphatic rings. The molecule has 0 radical (unpaired) electrons. The Hall–Kier alpha value is -1.82. The van der Waals surface area contributed by atoms with Crippen LogP contribution in [0.3, 0.4) is 0 Å². The molecule has 0 saturated carbocycles. The van der Waals surface area contributed by atoms with Gasteiger partial charge in [-0.05, 0) is 18.9 Å². The zero-order chi connectivity index (χ0) is 13.1. The third-order valence-electron chi connectivity index (χ3n) is 3.08. The molecule has 2 rings (SSSR count). The largest absolute Gasteiger partial charge is 0.397 e. The Morgan fingerprint density at radius 1 is 1.67 bits per heavy atom. The van der Waals surface area contributed by atoms with Gasteiger partial charge in [0.2, 0.25) is 0 Å². The van der Waals surface area contributed by atoms with Crippen LogP contribution in [0, 0.1) is 0 Å². The van der Waals surface area contributed by atoms with Crippen molar-refractivity contribution >= 4 is 17.4 Å². The molecule has 1 saturated heterocycles. The molecule has 1 fully saturated rings. The van der Waals surface area contributed by atoms with Gasteiger partial charge in [-0.1, -0.05) is 0 Å². The maximum atomic E-state index is 11.2. The van der Waals surface area contributed by atoms with Crippen molar-refractivity contribution in [3.63, 3.8) is 0 Å². The smallest absolute Gasteiger partial charge is 0.250 e. The van der Waals surface area contributed by atoms with Crippen molar-refractivity contribution in [2.24, 2.45) is 5.73 Å². The minimum absolute atomic E-state index is 0.228. The fraction of sp³-hybridized carbons (Fsp3) is 0.500. The van der Waals surface area contributed by atoms with E-state index >= 15 is 0 Å². The molecule has 1 aliphatic heterocycles. The normalized spacial score (nSPS) is 18.8. The quantitative estimate of drug-likeness (QED) is 0.805. The zero-order valence-corrected chi connectivity index (χ0v) is 10.4. The summed E-state index contributed by atoms with van der Waals surface area (Å²) in [6.07, 6.45) is 3.84. The van der Waals surface area contributed by atoms with E-state index in [2.05, 4.69) is 4.98 Å². The van der Waals surface area contributed by atoms with Crippen molar-refractivity contribution in [1.29, 1.82) is 0 Å². The highest BCUT2D eigenvalue weighted by molar-refractivity contribution is 5.98. The maximum Gasteiger partial charge on any atom is 0.250 e. The molecule has 1 amide bonds. The molecule has 4 N–H and O–H groups in total. The summed E-state index contributed by atoms with van der Waals surface area (Å²) in [4.78, 5) is 17.4. The second-order valence-corrected chi connectivity index (χ2v) is 4.51. The monoisotopic (exact) mass is 250 g/mol.